The molecule has 0 radical (unpaired) electrons. The van der Waals surface area contributed by atoms with E-state index >= 15 is 0 Å². The number of amides is 1. The molecule has 1 amide bonds. The maximum absolute atomic E-state index is 12.1. The van der Waals surface area contributed by atoms with Crippen molar-refractivity contribution in [3.8, 4) is 0 Å². The third kappa shape index (κ3) is 4.02. The molecule has 1 aromatic heterocycles. The second kappa shape index (κ2) is 6.41. The molecule has 2 rings (SSSR count). The van der Waals surface area contributed by atoms with E-state index in [9.17, 15) is 13.2 Å². The first kappa shape index (κ1) is 16.4. The van der Waals surface area contributed by atoms with Gasteiger partial charge in [-0.3, -0.25) is 4.79 Å². The van der Waals surface area contributed by atoms with Gasteiger partial charge in [-0.1, -0.05) is 41.4 Å². The normalized spacial score (nSPS) is 11.2. The zero-order valence-corrected chi connectivity index (χ0v) is 13.6. The van der Waals surface area contributed by atoms with E-state index in [1.807, 2.05) is 31.2 Å². The number of nitrogens with one attached hydrogen (secondary N) is 1. The summed E-state index contributed by atoms with van der Waals surface area (Å²) in [5.41, 5.74) is 1.86. The Labute approximate surface area is 133 Å². The van der Waals surface area contributed by atoms with Crippen LogP contribution in [0, 0.1) is 6.92 Å². The van der Waals surface area contributed by atoms with Crippen LogP contribution in [0.15, 0.2) is 35.6 Å². The van der Waals surface area contributed by atoms with E-state index in [2.05, 4.69) is 15.3 Å². The molecule has 0 atom stereocenters. The average molecular weight is 340 g/mol. The van der Waals surface area contributed by atoms with Crippen LogP contribution in [0.4, 0.5) is 0 Å². The Morgan fingerprint density at radius 2 is 1.91 bits per heavy atom. The molecule has 0 saturated heterocycles. The number of hydrogen-bond donors (Lipinski definition) is 1. The zero-order chi connectivity index (χ0) is 16.3. The van der Waals surface area contributed by atoms with Gasteiger partial charge in [-0.15, -0.1) is 0 Å². The fourth-order valence-electron chi connectivity index (χ4n) is 1.66. The molecule has 0 unspecified atom stereocenters. The molecule has 0 spiro atoms. The molecular weight excluding hydrogens is 326 g/mol. The van der Waals surface area contributed by atoms with E-state index in [1.165, 1.54) is 0 Å². The van der Waals surface area contributed by atoms with Gasteiger partial charge in [0.1, 0.15) is 0 Å². The first-order chi connectivity index (χ1) is 10.3. The van der Waals surface area contributed by atoms with Gasteiger partial charge >= 0.3 is 0 Å². The van der Waals surface area contributed by atoms with Crippen molar-refractivity contribution in [1.29, 1.82) is 0 Å². The highest BCUT2D eigenvalue weighted by Crippen LogP contribution is 2.14. The number of sulfone groups is 1. The highest BCUT2D eigenvalue weighted by molar-refractivity contribution is 7.90. The predicted molar refractivity (Wildman–Crippen MR) is 82.5 cm³/mol. The van der Waals surface area contributed by atoms with Crippen molar-refractivity contribution in [2.24, 2.45) is 0 Å². The van der Waals surface area contributed by atoms with Gasteiger partial charge in [-0.05, 0) is 12.5 Å². The van der Waals surface area contributed by atoms with Gasteiger partial charge in [0.15, 0.2) is 5.69 Å². The molecule has 0 bridgehead atoms. The largest absolute Gasteiger partial charge is 0.347 e. The Morgan fingerprint density at radius 1 is 1.27 bits per heavy atom. The van der Waals surface area contributed by atoms with Crippen LogP contribution in [-0.4, -0.2) is 30.5 Å². The predicted octanol–water partition coefficient (Wildman–Crippen LogP) is 1.77. The number of rotatable bonds is 4. The van der Waals surface area contributed by atoms with Gasteiger partial charge in [-0.2, -0.15) is 0 Å². The minimum absolute atomic E-state index is 0.00574. The second-order valence-corrected chi connectivity index (χ2v) is 7.11. The molecule has 8 heteroatoms. The summed E-state index contributed by atoms with van der Waals surface area (Å²) in [5.74, 6) is -0.558. The van der Waals surface area contributed by atoms with Gasteiger partial charge in [0.05, 0.1) is 11.2 Å². The van der Waals surface area contributed by atoms with Crippen molar-refractivity contribution in [3.05, 3.63) is 52.3 Å². The maximum Gasteiger partial charge on any atom is 0.271 e. The molecule has 0 saturated carbocycles. The first-order valence-electron chi connectivity index (χ1n) is 6.33. The summed E-state index contributed by atoms with van der Waals surface area (Å²) >= 11 is 5.86. The zero-order valence-electron chi connectivity index (χ0n) is 12.0. The van der Waals surface area contributed by atoms with Gasteiger partial charge in [-0.25, -0.2) is 18.4 Å². The number of carbonyl (C=O) groups excluding carboxylic acids is 1. The lowest BCUT2D eigenvalue weighted by Crippen LogP contribution is -2.25. The number of halogens is 1. The van der Waals surface area contributed by atoms with E-state index in [-0.39, 0.29) is 17.3 Å². The molecule has 1 N–H and O–H groups in total. The van der Waals surface area contributed by atoms with Gasteiger partial charge in [0, 0.05) is 12.8 Å². The highest BCUT2D eigenvalue weighted by Gasteiger charge is 2.18. The van der Waals surface area contributed by atoms with Crippen LogP contribution in [0.1, 0.15) is 21.6 Å². The molecule has 1 aromatic carbocycles. The molecule has 22 heavy (non-hydrogen) atoms. The fraction of sp³-hybridized carbons (Fsp3) is 0.214. The highest BCUT2D eigenvalue weighted by atomic mass is 35.5. The topological polar surface area (TPSA) is 89.0 Å². The molecule has 0 aliphatic carbocycles. The van der Waals surface area contributed by atoms with E-state index in [0.717, 1.165) is 23.6 Å². The quantitative estimate of drug-likeness (QED) is 0.857. The van der Waals surface area contributed by atoms with Crippen LogP contribution in [-0.2, 0) is 16.4 Å². The number of aromatic nitrogens is 2. The average Bonchev–Trinajstić information content (AvgIpc) is 2.45. The molecule has 0 fully saturated rings. The summed E-state index contributed by atoms with van der Waals surface area (Å²) in [6.07, 6.45) is 2.07. The van der Waals surface area contributed by atoms with E-state index < -0.39 is 20.9 Å². The maximum atomic E-state index is 12.1. The van der Waals surface area contributed by atoms with Gasteiger partial charge < -0.3 is 5.32 Å². The summed E-state index contributed by atoms with van der Waals surface area (Å²) in [4.78, 5) is 19.4. The molecule has 1 heterocycles. The van der Waals surface area contributed by atoms with E-state index in [4.69, 9.17) is 11.6 Å². The monoisotopic (exact) mass is 339 g/mol. The summed E-state index contributed by atoms with van der Waals surface area (Å²) < 4.78 is 22.9. The summed E-state index contributed by atoms with van der Waals surface area (Å²) in [6, 6.07) is 7.64. The Morgan fingerprint density at radius 3 is 2.50 bits per heavy atom. The smallest absolute Gasteiger partial charge is 0.271 e. The van der Waals surface area contributed by atoms with E-state index in [1.54, 1.807) is 0 Å². The van der Waals surface area contributed by atoms with Crippen LogP contribution < -0.4 is 5.32 Å². The Hall–Kier alpha value is -1.99. The number of aryl methyl sites for hydroxylation is 1. The first-order valence-corrected chi connectivity index (χ1v) is 8.60. The second-order valence-electron chi connectivity index (χ2n) is 4.79. The van der Waals surface area contributed by atoms with Crippen LogP contribution in [0.25, 0.3) is 0 Å². The Balaban J connectivity index is 2.17. The Kier molecular flexibility index (Phi) is 4.77. The molecular formula is C14H14ClN3O3S. The Bertz CT molecular complexity index is 805. The van der Waals surface area contributed by atoms with Crippen molar-refractivity contribution in [2.75, 3.05) is 6.26 Å². The standard InChI is InChI=1S/C14H14ClN3O3S/c1-9-3-5-10(6-4-9)7-16-13(19)12-11(15)8-17-14(18-12)22(2,20)21/h3-6,8H,7H2,1-2H3,(H,16,19). The van der Waals surface area contributed by atoms with Crippen LogP contribution >= 0.6 is 11.6 Å². The minimum Gasteiger partial charge on any atom is -0.347 e. The molecule has 0 aliphatic rings. The van der Waals surface area contributed by atoms with E-state index in [0.29, 0.717) is 0 Å². The molecule has 116 valence electrons. The lowest BCUT2D eigenvalue weighted by Gasteiger charge is -2.07. The third-order valence-corrected chi connectivity index (χ3v) is 3.98. The number of nitrogens with zero attached hydrogens (tertiary/aromatic N) is 2. The SMILES string of the molecule is Cc1ccc(CNC(=O)c2nc(S(C)(=O)=O)ncc2Cl)cc1. The van der Waals surface area contributed by atoms with Crippen molar-refractivity contribution in [2.45, 2.75) is 18.6 Å². The molecule has 2 aromatic rings. The van der Waals surface area contributed by atoms with Crippen molar-refractivity contribution < 1.29 is 13.2 Å². The number of carbonyl (C=O) groups is 1. The van der Waals surface area contributed by atoms with Gasteiger partial charge in [0.2, 0.25) is 15.0 Å². The summed E-state index contributed by atoms with van der Waals surface area (Å²) in [6.45, 7) is 2.25. The lowest BCUT2D eigenvalue weighted by molar-refractivity contribution is 0.0945. The van der Waals surface area contributed by atoms with Crippen molar-refractivity contribution in [1.82, 2.24) is 15.3 Å². The van der Waals surface area contributed by atoms with Crippen molar-refractivity contribution >= 4 is 27.3 Å². The molecule has 0 aliphatic heterocycles. The van der Waals surface area contributed by atoms with Crippen LogP contribution in [0.3, 0.4) is 0 Å². The number of benzene rings is 1. The van der Waals surface area contributed by atoms with Crippen molar-refractivity contribution in [3.63, 3.8) is 0 Å². The fourth-order valence-corrected chi connectivity index (χ4v) is 2.34. The van der Waals surface area contributed by atoms with Gasteiger partial charge in [0.25, 0.3) is 5.91 Å². The minimum atomic E-state index is -3.61. The van der Waals surface area contributed by atoms with Crippen LogP contribution in [0.2, 0.25) is 5.02 Å². The molecule has 6 nitrogen and oxygen atoms in total. The summed E-state index contributed by atoms with van der Waals surface area (Å²) in [7, 11) is -3.61. The third-order valence-electron chi connectivity index (χ3n) is 2.84. The van der Waals surface area contributed by atoms with Crippen LogP contribution in [0.5, 0.6) is 0 Å². The summed E-state index contributed by atoms with van der Waals surface area (Å²) in [5, 5.41) is 2.21. The lowest BCUT2D eigenvalue weighted by atomic mass is 10.1. The number of hydrogen-bond acceptors (Lipinski definition) is 5.